The van der Waals surface area contributed by atoms with E-state index in [9.17, 15) is 0 Å². The molecule has 90 valence electrons. The summed E-state index contributed by atoms with van der Waals surface area (Å²) in [6.07, 6.45) is 1.22. The lowest BCUT2D eigenvalue weighted by Crippen LogP contribution is -2.29. The molecule has 1 N–H and O–H groups in total. The third-order valence-corrected chi connectivity index (χ3v) is 3.03. The SMILES string of the molecule is CC(C)(C)C#CCNCC1Cc2ccccc21. The zero-order valence-electron chi connectivity index (χ0n) is 11.0. The van der Waals surface area contributed by atoms with Gasteiger partial charge in [0, 0.05) is 17.9 Å². The number of benzene rings is 1. The Morgan fingerprint density at radius 1 is 1.29 bits per heavy atom. The van der Waals surface area contributed by atoms with Crippen molar-refractivity contribution in [2.24, 2.45) is 5.41 Å². The van der Waals surface area contributed by atoms with Crippen LogP contribution < -0.4 is 5.32 Å². The van der Waals surface area contributed by atoms with E-state index in [0.29, 0.717) is 5.92 Å². The first-order valence-electron chi connectivity index (χ1n) is 6.35. The van der Waals surface area contributed by atoms with Crippen molar-refractivity contribution in [2.75, 3.05) is 13.1 Å². The van der Waals surface area contributed by atoms with Crippen molar-refractivity contribution in [1.82, 2.24) is 5.32 Å². The van der Waals surface area contributed by atoms with Gasteiger partial charge >= 0.3 is 0 Å². The fourth-order valence-electron chi connectivity index (χ4n) is 2.16. The van der Waals surface area contributed by atoms with E-state index in [4.69, 9.17) is 0 Å². The molecular weight excluding hydrogens is 206 g/mol. The van der Waals surface area contributed by atoms with Crippen LogP contribution in [0.5, 0.6) is 0 Å². The van der Waals surface area contributed by atoms with Crippen LogP contribution in [0.15, 0.2) is 24.3 Å². The maximum atomic E-state index is 3.43. The Morgan fingerprint density at radius 3 is 2.76 bits per heavy atom. The van der Waals surface area contributed by atoms with E-state index in [1.165, 1.54) is 17.5 Å². The Morgan fingerprint density at radius 2 is 2.06 bits per heavy atom. The monoisotopic (exact) mass is 227 g/mol. The number of nitrogens with one attached hydrogen (secondary N) is 1. The zero-order valence-corrected chi connectivity index (χ0v) is 11.0. The summed E-state index contributed by atoms with van der Waals surface area (Å²) in [6.45, 7) is 8.28. The maximum Gasteiger partial charge on any atom is 0.0576 e. The highest BCUT2D eigenvalue weighted by Gasteiger charge is 2.24. The van der Waals surface area contributed by atoms with E-state index in [1.807, 2.05) is 0 Å². The normalized spacial score (nSPS) is 17.7. The smallest absolute Gasteiger partial charge is 0.0576 e. The van der Waals surface area contributed by atoms with Gasteiger partial charge in [-0.1, -0.05) is 36.1 Å². The van der Waals surface area contributed by atoms with Gasteiger partial charge in [0.1, 0.15) is 0 Å². The fraction of sp³-hybridized carbons (Fsp3) is 0.500. The third-order valence-electron chi connectivity index (χ3n) is 3.03. The molecule has 0 radical (unpaired) electrons. The van der Waals surface area contributed by atoms with Crippen LogP contribution in [-0.2, 0) is 6.42 Å². The van der Waals surface area contributed by atoms with Gasteiger partial charge in [0.25, 0.3) is 0 Å². The van der Waals surface area contributed by atoms with Crippen LogP contribution in [0.3, 0.4) is 0 Å². The molecule has 1 atom stereocenters. The maximum absolute atomic E-state index is 3.43. The van der Waals surface area contributed by atoms with Gasteiger partial charge in [-0.2, -0.15) is 0 Å². The molecule has 2 rings (SSSR count). The molecule has 0 aromatic heterocycles. The summed E-state index contributed by atoms with van der Waals surface area (Å²) in [5, 5.41) is 3.43. The van der Waals surface area contributed by atoms with Crippen molar-refractivity contribution in [1.29, 1.82) is 0 Å². The van der Waals surface area contributed by atoms with Gasteiger partial charge in [-0.3, -0.25) is 0 Å². The molecule has 0 saturated carbocycles. The van der Waals surface area contributed by atoms with Crippen LogP contribution in [0.2, 0.25) is 0 Å². The number of hydrogen-bond acceptors (Lipinski definition) is 1. The summed E-state index contributed by atoms with van der Waals surface area (Å²) < 4.78 is 0. The highest BCUT2D eigenvalue weighted by molar-refractivity contribution is 5.40. The predicted octanol–water partition coefficient (Wildman–Crippen LogP) is 2.97. The van der Waals surface area contributed by atoms with E-state index in [0.717, 1.165) is 13.1 Å². The highest BCUT2D eigenvalue weighted by Crippen LogP contribution is 2.33. The summed E-state index contributed by atoms with van der Waals surface area (Å²) in [5.41, 5.74) is 3.15. The summed E-state index contributed by atoms with van der Waals surface area (Å²) in [5.74, 6) is 7.13. The second-order valence-electron chi connectivity index (χ2n) is 5.78. The van der Waals surface area contributed by atoms with E-state index in [2.05, 4.69) is 62.2 Å². The third kappa shape index (κ3) is 3.35. The van der Waals surface area contributed by atoms with Crippen LogP contribution in [0.25, 0.3) is 0 Å². The van der Waals surface area contributed by atoms with Crippen LogP contribution in [0.1, 0.15) is 37.8 Å². The summed E-state index contributed by atoms with van der Waals surface area (Å²) in [6, 6.07) is 8.72. The van der Waals surface area contributed by atoms with Crippen LogP contribution >= 0.6 is 0 Å². The fourth-order valence-corrected chi connectivity index (χ4v) is 2.16. The molecule has 0 bridgehead atoms. The van der Waals surface area contributed by atoms with Gasteiger partial charge in [-0.15, -0.1) is 0 Å². The van der Waals surface area contributed by atoms with E-state index in [-0.39, 0.29) is 5.41 Å². The Balaban J connectivity index is 1.73. The van der Waals surface area contributed by atoms with Crippen molar-refractivity contribution in [3.63, 3.8) is 0 Å². The van der Waals surface area contributed by atoms with Gasteiger partial charge in [-0.05, 0) is 38.3 Å². The second kappa shape index (κ2) is 4.94. The van der Waals surface area contributed by atoms with Crippen molar-refractivity contribution in [2.45, 2.75) is 33.1 Å². The van der Waals surface area contributed by atoms with Gasteiger partial charge in [0.05, 0.1) is 6.54 Å². The molecule has 1 nitrogen and oxygen atoms in total. The van der Waals surface area contributed by atoms with Gasteiger partial charge in [-0.25, -0.2) is 0 Å². The van der Waals surface area contributed by atoms with E-state index >= 15 is 0 Å². The Hall–Kier alpha value is -1.26. The Bertz CT molecular complexity index is 443. The summed E-state index contributed by atoms with van der Waals surface area (Å²) in [4.78, 5) is 0. The van der Waals surface area contributed by atoms with Crippen molar-refractivity contribution in [3.8, 4) is 11.8 Å². The number of fused-ring (bicyclic) bond motifs is 1. The number of rotatable bonds is 3. The van der Waals surface area contributed by atoms with Gasteiger partial charge < -0.3 is 5.32 Å². The van der Waals surface area contributed by atoms with Gasteiger partial charge in [0.15, 0.2) is 0 Å². The molecule has 0 aliphatic heterocycles. The molecule has 0 fully saturated rings. The largest absolute Gasteiger partial charge is 0.306 e. The lowest BCUT2D eigenvalue weighted by Gasteiger charge is -2.30. The molecule has 1 aliphatic rings. The first-order valence-corrected chi connectivity index (χ1v) is 6.35. The quantitative estimate of drug-likeness (QED) is 0.618. The van der Waals surface area contributed by atoms with Gasteiger partial charge in [0.2, 0.25) is 0 Å². The molecule has 17 heavy (non-hydrogen) atoms. The molecule has 0 heterocycles. The van der Waals surface area contributed by atoms with Crippen molar-refractivity contribution < 1.29 is 0 Å². The lowest BCUT2D eigenvalue weighted by molar-refractivity contribution is 0.553. The topological polar surface area (TPSA) is 12.0 Å². The predicted molar refractivity (Wildman–Crippen MR) is 73.0 cm³/mol. The van der Waals surface area contributed by atoms with Crippen LogP contribution in [0.4, 0.5) is 0 Å². The molecule has 0 amide bonds. The molecule has 0 spiro atoms. The highest BCUT2D eigenvalue weighted by atomic mass is 14.8. The molecule has 1 aromatic carbocycles. The van der Waals surface area contributed by atoms with Crippen molar-refractivity contribution in [3.05, 3.63) is 35.4 Å². The van der Waals surface area contributed by atoms with Crippen LogP contribution in [-0.4, -0.2) is 13.1 Å². The minimum absolute atomic E-state index is 0.116. The Kier molecular flexibility index (Phi) is 3.54. The average Bonchev–Trinajstić information content (AvgIpc) is 2.22. The molecule has 0 saturated heterocycles. The van der Waals surface area contributed by atoms with E-state index in [1.54, 1.807) is 0 Å². The van der Waals surface area contributed by atoms with Crippen molar-refractivity contribution >= 4 is 0 Å². The molecule has 1 aromatic rings. The molecular formula is C16H21N. The zero-order chi connectivity index (χ0) is 12.3. The molecule has 1 aliphatic carbocycles. The second-order valence-corrected chi connectivity index (χ2v) is 5.78. The summed E-state index contributed by atoms with van der Waals surface area (Å²) >= 11 is 0. The standard InChI is InChI=1S/C16H21N/c1-16(2,3)9-6-10-17-12-14-11-13-7-4-5-8-15(13)14/h4-5,7-8,14,17H,10-12H2,1-3H3. The molecule has 1 heteroatoms. The van der Waals surface area contributed by atoms with Crippen LogP contribution in [0, 0.1) is 17.3 Å². The Labute approximate surface area is 105 Å². The first-order chi connectivity index (χ1) is 8.06. The molecule has 1 unspecified atom stereocenters. The summed E-state index contributed by atoms with van der Waals surface area (Å²) in [7, 11) is 0. The minimum atomic E-state index is 0.116. The minimum Gasteiger partial charge on any atom is -0.306 e. The average molecular weight is 227 g/mol. The number of hydrogen-bond donors (Lipinski definition) is 1. The first kappa shape index (κ1) is 12.2. The van der Waals surface area contributed by atoms with E-state index < -0.39 is 0 Å². The lowest BCUT2D eigenvalue weighted by atomic mass is 9.78.